The molecule has 0 saturated carbocycles. The normalized spacial score (nSPS) is 22.5. The lowest BCUT2D eigenvalue weighted by atomic mass is 9.93. The van der Waals surface area contributed by atoms with Crippen LogP contribution in [0.5, 0.6) is 23.0 Å². The number of aromatic nitrogens is 4. The maximum Gasteiger partial charge on any atom is 0.274 e. The molecular weight excluding hydrogens is 1640 g/mol. The lowest BCUT2D eigenvalue weighted by Gasteiger charge is -2.34. The summed E-state index contributed by atoms with van der Waals surface area (Å²) in [6.45, 7) is 2.18. The minimum atomic E-state index is -4.50. The number of anilines is 4. The molecule has 0 unspecified atom stereocenters. The molecule has 4 aliphatic rings. The van der Waals surface area contributed by atoms with Gasteiger partial charge < -0.3 is 63.1 Å². The number of carbonyl (C=O) groups is 4. The summed E-state index contributed by atoms with van der Waals surface area (Å²) >= 11 is 0. The van der Waals surface area contributed by atoms with Crippen molar-refractivity contribution in [3.8, 4) is 23.0 Å². The number of nitrogens with zero attached hydrogens (tertiary/aromatic N) is 12. The van der Waals surface area contributed by atoms with Gasteiger partial charge in [-0.2, -0.15) is 0 Å². The van der Waals surface area contributed by atoms with Crippen LogP contribution in [0.15, 0.2) is 154 Å². The highest BCUT2D eigenvalue weighted by Crippen LogP contribution is 2.40. The van der Waals surface area contributed by atoms with Gasteiger partial charge in [0.25, 0.3) is 23.6 Å². The number of halogens is 6. The van der Waals surface area contributed by atoms with Crippen molar-refractivity contribution in [3.05, 3.63) is 214 Å². The zero-order valence-corrected chi connectivity index (χ0v) is 65.9. The van der Waals surface area contributed by atoms with Crippen LogP contribution < -0.4 is 63.1 Å². The van der Waals surface area contributed by atoms with Gasteiger partial charge in [-0.15, -0.1) is 0 Å². The standard InChI is InChI=1S/2C18H19F2N5O4S.2C18H20FN5O4S/c2*1-18(9-30(27,28)25(2)17(21)24-18)12-6-10(7-13(19)15(12)20)23-16(26)14-5-4-11(29-3)8-22-14;2*1-18(10-29(26,27)24(2)17(20)23-18)13-8-11(4-6-14(13)19)22-16(25)15-7-5-12(28-3)9-21-15/h2*4-8H,9H2,1-3H3,(H2,21,24)(H,23,26);2*4-9H,10H2,1-3H3,(H2,20,23)(H,22,25)/t4*18-/m0000/s1/i3D3;;2D3,3D3;3D3. The Hall–Kier alpha value is -13.0. The first-order valence-electron chi connectivity index (χ1n) is 39.3. The largest absolute Gasteiger partial charge is 0.495 e. The van der Waals surface area contributed by atoms with Crippen molar-refractivity contribution in [2.24, 2.45) is 42.9 Å². The Bertz CT molecular complexity index is 6370. The Balaban J connectivity index is 0.000000196. The summed E-state index contributed by atoms with van der Waals surface area (Å²) in [5, 5.41) is 9.74. The number of rotatable bonds is 16. The molecule has 0 fully saturated rings. The number of carbonyl (C=O) groups excluding carboxylic acids is 4. The van der Waals surface area contributed by atoms with Gasteiger partial charge in [-0.05, 0) is 125 Å². The summed E-state index contributed by atoms with van der Waals surface area (Å²) in [5.41, 5.74) is 14.4. The maximum atomic E-state index is 14.7. The Kier molecular flexibility index (Phi) is 21.2. The van der Waals surface area contributed by atoms with Crippen LogP contribution >= 0.6 is 0 Å². The second kappa shape index (κ2) is 34.4. The predicted molar refractivity (Wildman–Crippen MR) is 423 cm³/mol. The van der Waals surface area contributed by atoms with Crippen molar-refractivity contribution in [2.45, 2.75) is 49.9 Å². The lowest BCUT2D eigenvalue weighted by molar-refractivity contribution is 0.101. The third kappa shape index (κ3) is 19.7. The number of nitrogens with one attached hydrogen (secondary N) is 4. The van der Waals surface area contributed by atoms with E-state index in [1.165, 1.54) is 129 Å². The van der Waals surface area contributed by atoms with Crippen LogP contribution in [0.3, 0.4) is 0 Å². The van der Waals surface area contributed by atoms with Gasteiger partial charge in [-0.1, -0.05) is 0 Å². The number of aliphatic imine (C=N–C) groups is 4. The summed E-state index contributed by atoms with van der Waals surface area (Å²) < 4.78 is 294. The molecule has 8 heterocycles. The molecule has 0 radical (unpaired) electrons. The van der Waals surface area contributed by atoms with E-state index in [-0.39, 0.29) is 95.7 Å². The van der Waals surface area contributed by atoms with Gasteiger partial charge in [0.1, 0.15) is 79.6 Å². The van der Waals surface area contributed by atoms with E-state index in [1.807, 2.05) is 0 Å². The summed E-state index contributed by atoms with van der Waals surface area (Å²) in [7, 11) is -19.1. The van der Waals surface area contributed by atoms with Crippen LogP contribution in [0.4, 0.5) is 49.1 Å². The zero-order chi connectivity index (χ0) is 97.3. The van der Waals surface area contributed by atoms with Gasteiger partial charge in [-0.3, -0.25) is 19.2 Å². The second-order valence-corrected chi connectivity index (χ2v) is 34.4. The average molecular weight is 1730 g/mol. The van der Waals surface area contributed by atoms with E-state index in [0.29, 0.717) is 11.8 Å². The summed E-state index contributed by atoms with van der Waals surface area (Å²) in [6.07, 6.45) is 4.46. The molecule has 0 saturated heterocycles. The van der Waals surface area contributed by atoms with E-state index in [9.17, 15) is 79.2 Å². The van der Waals surface area contributed by atoms with Crippen molar-refractivity contribution >= 4 is 110 Å². The van der Waals surface area contributed by atoms with E-state index < -0.39 is 189 Å². The molecule has 46 heteroatoms. The van der Waals surface area contributed by atoms with E-state index in [1.54, 1.807) is 0 Å². The minimum absolute atomic E-state index is 0.0105. The highest BCUT2D eigenvalue weighted by molar-refractivity contribution is 7.90. The van der Waals surface area contributed by atoms with E-state index in [0.717, 1.165) is 67.9 Å². The van der Waals surface area contributed by atoms with E-state index in [4.69, 9.17) is 44.1 Å². The predicted octanol–water partition coefficient (Wildman–Crippen LogP) is 5.43. The van der Waals surface area contributed by atoms with Crippen LogP contribution in [0, 0.1) is 34.9 Å². The molecule has 0 spiro atoms. The summed E-state index contributed by atoms with van der Waals surface area (Å²) in [6, 6.07) is 20.9. The van der Waals surface area contributed by atoms with Gasteiger partial charge in [0.05, 0.1) is 88.4 Å². The van der Waals surface area contributed by atoms with Crippen molar-refractivity contribution in [2.75, 3.05) is 101 Å². The van der Waals surface area contributed by atoms with Crippen LogP contribution in [0.2, 0.25) is 0 Å². The van der Waals surface area contributed by atoms with Crippen LogP contribution in [-0.2, 0) is 62.2 Å². The van der Waals surface area contributed by atoms with Gasteiger partial charge in [0.2, 0.25) is 63.9 Å². The third-order valence-electron chi connectivity index (χ3n) is 17.8. The fourth-order valence-corrected chi connectivity index (χ4v) is 17.3. The first kappa shape index (κ1) is 72.7. The van der Waals surface area contributed by atoms with Gasteiger partial charge >= 0.3 is 0 Å². The molecule has 8 aromatic rings. The number of amides is 4. The quantitative estimate of drug-likeness (QED) is 0.0559. The monoisotopic (exact) mass is 1730 g/mol. The van der Waals surface area contributed by atoms with Crippen molar-refractivity contribution < 1.29 is 115 Å². The van der Waals surface area contributed by atoms with Crippen molar-refractivity contribution in [3.63, 3.8) is 0 Å². The van der Waals surface area contributed by atoms with Crippen LogP contribution in [0.25, 0.3) is 0 Å². The van der Waals surface area contributed by atoms with Gasteiger partial charge in [0.15, 0.2) is 23.3 Å². The molecule has 0 bridgehead atoms. The number of guanidine groups is 4. The number of hydrogen-bond donors (Lipinski definition) is 8. The molecule has 12 N–H and O–H groups in total. The minimum Gasteiger partial charge on any atom is -0.495 e. The smallest absolute Gasteiger partial charge is 0.274 e. The molecule has 4 amide bonds. The van der Waals surface area contributed by atoms with Gasteiger partial charge in [-0.25, -0.2) is 117 Å². The molecule has 4 atom stereocenters. The first-order chi connectivity index (χ1) is 59.7. The lowest BCUT2D eigenvalue weighted by Crippen LogP contribution is -2.50. The second-order valence-electron chi connectivity index (χ2n) is 26.5. The molecule has 4 aromatic heterocycles. The number of methoxy groups -OCH3 is 4. The number of nitrogens with two attached hydrogens (primary N) is 4. The Morgan fingerprint density at radius 1 is 0.373 bits per heavy atom. The van der Waals surface area contributed by atoms with Crippen LogP contribution in [0.1, 0.15) is 108 Å². The molecule has 628 valence electrons. The highest BCUT2D eigenvalue weighted by atomic mass is 32.2. The topological polar surface area (TPSA) is 508 Å². The van der Waals surface area contributed by atoms with E-state index >= 15 is 0 Å². The molecule has 36 nitrogen and oxygen atoms in total. The van der Waals surface area contributed by atoms with Gasteiger partial charge in [0, 0.05) is 89.4 Å². The SMILES string of the molecule is COc1ccc(C(=O)Nc2cc(F)c(F)c([C@]3(C)CS(=O)(=O)N(C)C(N)=N3)c2)nc1.[2H]C([2H])([2H])Oc1ccc(C(=O)Nc2cc(F)c(F)c([C@]3(C)CS(=O)(=O)N(C)C(N)=N3)c2)nc1.[2H]C([2H])([2H])Oc1ccc(C(=O)Nc2ccc(F)c([C@]3(C)CS(=O)(=O)N(C([2H])([2H])[2H])C(N)=N3)c2)nc1.[2H]C([2H])([2H])Oc1ccc(C(=O)Nc2ccc(F)c([C@]3(C)CS(=O)(=O)N(C)C(N)=N3)c2)nc1. The Labute approximate surface area is 689 Å². The van der Waals surface area contributed by atoms with E-state index in [2.05, 4.69) is 75.4 Å². The Morgan fingerprint density at radius 3 is 0.873 bits per heavy atom. The summed E-state index contributed by atoms with van der Waals surface area (Å²) in [4.78, 5) is 81.5. The Morgan fingerprint density at radius 2 is 0.627 bits per heavy atom. The number of pyridine rings is 4. The third-order valence-corrected chi connectivity index (χ3v) is 25.3. The van der Waals surface area contributed by atoms with Crippen molar-refractivity contribution in [1.29, 1.82) is 0 Å². The summed E-state index contributed by atoms with van der Waals surface area (Å²) in [5.74, 6) is -14.1. The number of hydrogen-bond acceptors (Lipinski definition) is 28. The first-order valence-corrected chi connectivity index (χ1v) is 39.8. The average Bonchev–Trinajstić information content (AvgIpc) is 0.747. The molecule has 4 aliphatic heterocycles. The molecule has 4 aromatic carbocycles. The highest BCUT2D eigenvalue weighted by Gasteiger charge is 2.47. The van der Waals surface area contributed by atoms with Crippen LogP contribution in [-0.4, -0.2) is 198 Å². The number of sulfonamides is 4. The molecular formula is C72H78F6N20O16S4. The number of ether oxygens (including phenoxy) is 4. The van der Waals surface area contributed by atoms with Crippen molar-refractivity contribution in [1.82, 2.24) is 37.2 Å². The molecule has 118 heavy (non-hydrogen) atoms. The fourth-order valence-electron chi connectivity index (χ4n) is 11.6. The maximum absolute atomic E-state index is 14.7. The zero-order valence-electron chi connectivity index (χ0n) is 74.6. The molecule has 12 rings (SSSR count). The fraction of sp³-hybridized carbons (Fsp3) is 0.278. The number of benzene rings is 4. The molecule has 0 aliphatic carbocycles.